The molecule has 2 fully saturated rings. The number of aromatic nitrogens is 2. The zero-order valence-electron chi connectivity index (χ0n) is 19.2. The van der Waals surface area contributed by atoms with Crippen LogP contribution in [-0.2, 0) is 4.74 Å². The highest BCUT2D eigenvalue weighted by Crippen LogP contribution is 2.42. The summed E-state index contributed by atoms with van der Waals surface area (Å²) in [5.41, 5.74) is 1.69. The molecule has 5 rings (SSSR count). The van der Waals surface area contributed by atoms with Gasteiger partial charge in [0, 0.05) is 70.2 Å². The third-order valence-electron chi connectivity index (χ3n) is 6.48. The number of hydrogen-bond donors (Lipinski definition) is 0. The van der Waals surface area contributed by atoms with Crippen LogP contribution in [0.1, 0.15) is 25.5 Å². The van der Waals surface area contributed by atoms with Gasteiger partial charge in [0.25, 0.3) is 0 Å². The fraction of sp³-hybridized carbons (Fsp3) is 0.609. The van der Waals surface area contributed by atoms with E-state index in [1.165, 1.54) is 6.07 Å². The zero-order valence-corrected chi connectivity index (χ0v) is 19.2. The van der Waals surface area contributed by atoms with Crippen LogP contribution in [-0.4, -0.2) is 91.4 Å². The average Bonchev–Trinajstić information content (AvgIpc) is 3.38. The van der Waals surface area contributed by atoms with Crippen LogP contribution in [0.3, 0.4) is 0 Å². The molecule has 2 saturated heterocycles. The molecule has 0 radical (unpaired) electrons. The summed E-state index contributed by atoms with van der Waals surface area (Å²) in [6.45, 7) is 13.9. The van der Waals surface area contributed by atoms with Crippen molar-refractivity contribution in [2.45, 2.75) is 26.1 Å². The molecular formula is C23H31F2N5O3. The highest BCUT2D eigenvalue weighted by atomic mass is 19.3. The van der Waals surface area contributed by atoms with Crippen LogP contribution in [0.25, 0.3) is 5.69 Å². The van der Waals surface area contributed by atoms with E-state index in [0.717, 1.165) is 77.1 Å². The van der Waals surface area contributed by atoms with Gasteiger partial charge in [-0.3, -0.25) is 9.80 Å². The number of hydrogen-bond acceptors (Lipinski definition) is 7. The van der Waals surface area contributed by atoms with Crippen molar-refractivity contribution in [3.05, 3.63) is 30.0 Å². The SMILES string of the molecule is CC(C)c1cc(N2CCN(CCN3CCOCC3)CC2)nn1-c1ccc2c(c1)OC(F)(F)O2. The number of piperazine rings is 1. The summed E-state index contributed by atoms with van der Waals surface area (Å²) in [7, 11) is 0. The highest BCUT2D eigenvalue weighted by molar-refractivity contribution is 5.52. The first-order valence-electron chi connectivity index (χ1n) is 11.7. The first kappa shape index (κ1) is 22.4. The molecule has 3 aliphatic heterocycles. The van der Waals surface area contributed by atoms with Crippen LogP contribution in [0, 0.1) is 0 Å². The summed E-state index contributed by atoms with van der Waals surface area (Å²) in [5, 5.41) is 4.85. The predicted molar refractivity (Wildman–Crippen MR) is 120 cm³/mol. The highest BCUT2D eigenvalue weighted by Gasteiger charge is 2.43. The number of alkyl halides is 2. The number of morpholine rings is 1. The van der Waals surface area contributed by atoms with Crippen LogP contribution in [0.15, 0.2) is 24.3 Å². The number of benzene rings is 1. The first-order valence-corrected chi connectivity index (χ1v) is 11.7. The monoisotopic (exact) mass is 463 g/mol. The molecule has 0 N–H and O–H groups in total. The van der Waals surface area contributed by atoms with Gasteiger partial charge in [-0.15, -0.1) is 8.78 Å². The van der Waals surface area contributed by atoms with Gasteiger partial charge in [-0.25, -0.2) is 4.68 Å². The second-order valence-corrected chi connectivity index (χ2v) is 9.08. The topological polar surface area (TPSA) is 55.2 Å². The lowest BCUT2D eigenvalue weighted by molar-refractivity contribution is -0.286. The Morgan fingerprint density at radius 1 is 0.909 bits per heavy atom. The molecular weight excluding hydrogens is 432 g/mol. The third-order valence-corrected chi connectivity index (χ3v) is 6.48. The van der Waals surface area contributed by atoms with E-state index in [0.29, 0.717) is 5.69 Å². The van der Waals surface area contributed by atoms with Gasteiger partial charge < -0.3 is 19.1 Å². The summed E-state index contributed by atoms with van der Waals surface area (Å²) < 4.78 is 43.3. The summed E-state index contributed by atoms with van der Waals surface area (Å²) >= 11 is 0. The minimum atomic E-state index is -3.63. The Balaban J connectivity index is 1.26. The van der Waals surface area contributed by atoms with Gasteiger partial charge in [0.05, 0.1) is 18.9 Å². The fourth-order valence-electron chi connectivity index (χ4n) is 4.53. The molecule has 0 aliphatic carbocycles. The standard InChI is InChI=1S/C23H31F2N5O3/c1-17(2)19-16-22(26-30(19)18-3-4-20-21(15-18)33-23(24,25)32-20)29-9-7-27(8-10-29)5-6-28-11-13-31-14-12-28/h3-4,15-17H,5-14H2,1-2H3. The lowest BCUT2D eigenvalue weighted by Gasteiger charge is -2.36. The predicted octanol–water partition coefficient (Wildman–Crippen LogP) is 2.77. The van der Waals surface area contributed by atoms with Gasteiger partial charge in [0.1, 0.15) is 0 Å². The molecule has 0 bridgehead atoms. The molecule has 2 aromatic rings. The van der Waals surface area contributed by atoms with Crippen molar-refractivity contribution in [1.29, 1.82) is 0 Å². The summed E-state index contributed by atoms with van der Waals surface area (Å²) in [5.74, 6) is 1.19. The zero-order chi connectivity index (χ0) is 23.0. The van der Waals surface area contributed by atoms with E-state index in [4.69, 9.17) is 9.84 Å². The molecule has 0 unspecified atom stereocenters. The lowest BCUT2D eigenvalue weighted by Crippen LogP contribution is -2.49. The summed E-state index contributed by atoms with van der Waals surface area (Å²) in [6.07, 6.45) is -3.63. The van der Waals surface area contributed by atoms with Gasteiger partial charge in [0.2, 0.25) is 0 Å². The number of nitrogens with zero attached hydrogens (tertiary/aromatic N) is 5. The Morgan fingerprint density at radius 2 is 1.58 bits per heavy atom. The van der Waals surface area contributed by atoms with E-state index in [9.17, 15) is 8.78 Å². The molecule has 0 saturated carbocycles. The molecule has 0 atom stereocenters. The summed E-state index contributed by atoms with van der Waals surface area (Å²) in [4.78, 5) is 7.27. The Hall–Kier alpha value is -2.43. The van der Waals surface area contributed by atoms with E-state index >= 15 is 0 Å². The lowest BCUT2D eigenvalue weighted by atomic mass is 10.1. The van der Waals surface area contributed by atoms with Crippen molar-refractivity contribution in [3.8, 4) is 17.2 Å². The largest absolute Gasteiger partial charge is 0.586 e. The normalized spacial score (nSPS) is 21.2. The molecule has 0 spiro atoms. The van der Waals surface area contributed by atoms with Crippen LogP contribution >= 0.6 is 0 Å². The van der Waals surface area contributed by atoms with Crippen LogP contribution in [0.4, 0.5) is 14.6 Å². The first-order chi connectivity index (χ1) is 15.9. The van der Waals surface area contributed by atoms with Crippen molar-refractivity contribution in [2.24, 2.45) is 0 Å². The van der Waals surface area contributed by atoms with Crippen molar-refractivity contribution in [3.63, 3.8) is 0 Å². The van der Waals surface area contributed by atoms with Gasteiger partial charge in [0.15, 0.2) is 17.3 Å². The maximum absolute atomic E-state index is 13.4. The maximum Gasteiger partial charge on any atom is 0.586 e. The van der Waals surface area contributed by atoms with E-state index in [2.05, 4.69) is 44.1 Å². The van der Waals surface area contributed by atoms with E-state index < -0.39 is 6.29 Å². The van der Waals surface area contributed by atoms with E-state index in [1.807, 2.05) is 4.68 Å². The van der Waals surface area contributed by atoms with Gasteiger partial charge in [-0.05, 0) is 18.1 Å². The number of rotatable bonds is 6. The molecule has 8 nitrogen and oxygen atoms in total. The average molecular weight is 464 g/mol. The molecule has 33 heavy (non-hydrogen) atoms. The van der Waals surface area contributed by atoms with Crippen molar-refractivity contribution in [1.82, 2.24) is 19.6 Å². The van der Waals surface area contributed by atoms with Crippen LogP contribution in [0.5, 0.6) is 11.5 Å². The minimum Gasteiger partial charge on any atom is -0.395 e. The second kappa shape index (κ2) is 9.08. The Bertz CT molecular complexity index is 969. The Morgan fingerprint density at radius 3 is 2.27 bits per heavy atom. The number of anilines is 1. The molecule has 1 aromatic carbocycles. The van der Waals surface area contributed by atoms with Gasteiger partial charge >= 0.3 is 6.29 Å². The summed E-state index contributed by atoms with van der Waals surface area (Å²) in [6, 6.07) is 6.90. The Labute approximate surface area is 192 Å². The quantitative estimate of drug-likeness (QED) is 0.653. The second-order valence-electron chi connectivity index (χ2n) is 9.08. The fourth-order valence-corrected chi connectivity index (χ4v) is 4.53. The number of halogens is 2. The molecule has 0 amide bonds. The van der Waals surface area contributed by atoms with Crippen molar-refractivity contribution >= 4 is 5.82 Å². The molecule has 10 heteroatoms. The van der Waals surface area contributed by atoms with E-state index in [1.54, 1.807) is 12.1 Å². The van der Waals surface area contributed by atoms with Crippen LogP contribution < -0.4 is 14.4 Å². The Kier molecular flexibility index (Phi) is 6.15. The van der Waals surface area contributed by atoms with Crippen LogP contribution in [0.2, 0.25) is 0 Å². The van der Waals surface area contributed by atoms with E-state index in [-0.39, 0.29) is 17.4 Å². The maximum atomic E-state index is 13.4. The third kappa shape index (κ3) is 4.92. The number of ether oxygens (including phenoxy) is 3. The molecule has 1 aromatic heterocycles. The smallest absolute Gasteiger partial charge is 0.395 e. The molecule has 180 valence electrons. The number of fused-ring (bicyclic) bond motifs is 1. The molecule has 3 aliphatic rings. The van der Waals surface area contributed by atoms with Crippen molar-refractivity contribution in [2.75, 3.05) is 70.5 Å². The van der Waals surface area contributed by atoms with Gasteiger partial charge in [-0.1, -0.05) is 13.8 Å². The molecule has 4 heterocycles. The van der Waals surface area contributed by atoms with Crippen molar-refractivity contribution < 1.29 is 23.0 Å². The minimum absolute atomic E-state index is 0.0261. The van der Waals surface area contributed by atoms with Gasteiger partial charge in [-0.2, -0.15) is 5.10 Å².